The van der Waals surface area contributed by atoms with Crippen LogP contribution in [0.2, 0.25) is 10.0 Å². The Balaban J connectivity index is 1.39. The first-order valence-electron chi connectivity index (χ1n) is 8.92. The second-order valence-corrected chi connectivity index (χ2v) is 7.34. The van der Waals surface area contributed by atoms with Gasteiger partial charge in [0.05, 0.1) is 15.7 Å². The predicted octanol–water partition coefficient (Wildman–Crippen LogP) is 3.82. The van der Waals surface area contributed by atoms with Gasteiger partial charge >= 0.3 is 0 Å². The maximum absolute atomic E-state index is 12.6. The molecule has 1 saturated heterocycles. The molecule has 1 N–H and O–H groups in total. The lowest BCUT2D eigenvalue weighted by Crippen LogP contribution is -2.38. The topological polar surface area (TPSA) is 75.9 Å². The summed E-state index contributed by atoms with van der Waals surface area (Å²) in [5.41, 5.74) is 0.544. The van der Waals surface area contributed by atoms with E-state index in [1.54, 1.807) is 37.1 Å². The van der Waals surface area contributed by atoms with Crippen molar-refractivity contribution in [2.75, 3.05) is 23.3 Å². The molecule has 0 bridgehead atoms. The number of rotatable bonds is 4. The molecule has 1 amide bonds. The average molecular weight is 417 g/mol. The van der Waals surface area contributed by atoms with Crippen molar-refractivity contribution in [3.63, 3.8) is 0 Å². The number of carbonyl (C=O) groups is 1. The number of nitrogens with one attached hydrogen (secondary N) is 1. The Bertz CT molecular complexity index is 970. The number of benzene rings is 1. The van der Waals surface area contributed by atoms with Gasteiger partial charge in [-0.05, 0) is 25.0 Å². The molecular weight excluding hydrogens is 399 g/mol. The number of hydrogen-bond donors (Lipinski definition) is 1. The van der Waals surface area contributed by atoms with Crippen molar-refractivity contribution in [3.05, 3.63) is 59.4 Å². The van der Waals surface area contributed by atoms with Crippen LogP contribution in [0.4, 0.5) is 11.5 Å². The highest BCUT2D eigenvalue weighted by Gasteiger charge is 2.26. The molecule has 0 aliphatic carbocycles. The molecule has 3 aromatic rings. The number of carbonyl (C=O) groups excluding carboxylic acids is 1. The number of piperidine rings is 1. The summed E-state index contributed by atoms with van der Waals surface area (Å²) in [6, 6.07) is 7.13. The van der Waals surface area contributed by atoms with E-state index >= 15 is 0 Å². The fourth-order valence-electron chi connectivity index (χ4n) is 3.25. The lowest BCUT2D eigenvalue weighted by Gasteiger charge is -2.32. The van der Waals surface area contributed by atoms with E-state index in [1.165, 1.54) is 0 Å². The van der Waals surface area contributed by atoms with E-state index in [0.717, 1.165) is 37.6 Å². The second-order valence-electron chi connectivity index (χ2n) is 6.56. The molecule has 1 aliphatic rings. The van der Waals surface area contributed by atoms with Crippen molar-refractivity contribution in [1.29, 1.82) is 0 Å². The molecule has 1 fully saturated rings. The molecule has 0 atom stereocenters. The third-order valence-corrected chi connectivity index (χ3v) is 5.63. The number of amides is 1. The normalized spacial score (nSPS) is 14.9. The summed E-state index contributed by atoms with van der Waals surface area (Å²) < 4.78 is 1.83. The van der Waals surface area contributed by atoms with Crippen molar-refractivity contribution >= 4 is 40.6 Å². The quantitative estimate of drug-likeness (QED) is 0.699. The van der Waals surface area contributed by atoms with E-state index in [4.69, 9.17) is 23.2 Å². The molecule has 4 rings (SSSR count). The molecule has 1 aromatic carbocycles. The monoisotopic (exact) mass is 416 g/mol. The summed E-state index contributed by atoms with van der Waals surface area (Å²) in [6.45, 7) is 1.48. The minimum absolute atomic E-state index is 0.0365. The van der Waals surface area contributed by atoms with Gasteiger partial charge in [-0.2, -0.15) is 0 Å². The number of imidazole rings is 1. The van der Waals surface area contributed by atoms with Gasteiger partial charge in [-0.3, -0.25) is 9.36 Å². The van der Waals surface area contributed by atoms with Crippen LogP contribution in [0.3, 0.4) is 0 Å². The highest BCUT2D eigenvalue weighted by molar-refractivity contribution is 6.44. The van der Waals surface area contributed by atoms with E-state index in [9.17, 15) is 4.79 Å². The number of halogens is 2. The van der Waals surface area contributed by atoms with Gasteiger partial charge in [0, 0.05) is 37.5 Å². The van der Waals surface area contributed by atoms with Gasteiger partial charge in [0.1, 0.15) is 24.3 Å². The Labute approximate surface area is 172 Å². The van der Waals surface area contributed by atoms with Crippen LogP contribution in [-0.2, 0) is 4.79 Å². The zero-order valence-electron chi connectivity index (χ0n) is 14.9. The van der Waals surface area contributed by atoms with E-state index in [1.807, 2.05) is 16.8 Å². The number of nitrogens with zero attached hydrogens (tertiary/aromatic N) is 5. The van der Waals surface area contributed by atoms with Crippen molar-refractivity contribution in [3.8, 4) is 5.82 Å². The highest BCUT2D eigenvalue weighted by Crippen LogP contribution is 2.31. The Morgan fingerprint density at radius 3 is 2.68 bits per heavy atom. The Morgan fingerprint density at radius 2 is 1.93 bits per heavy atom. The van der Waals surface area contributed by atoms with Gasteiger partial charge in [-0.25, -0.2) is 15.0 Å². The summed E-state index contributed by atoms with van der Waals surface area (Å²) in [5, 5.41) is 3.68. The molecule has 0 saturated carbocycles. The van der Waals surface area contributed by atoms with Crippen LogP contribution in [0.25, 0.3) is 5.82 Å². The van der Waals surface area contributed by atoms with E-state index in [0.29, 0.717) is 15.7 Å². The molecular formula is C19H18Cl2N6O. The number of hydrogen-bond acceptors (Lipinski definition) is 5. The number of aromatic nitrogens is 4. The van der Waals surface area contributed by atoms with Crippen LogP contribution in [-0.4, -0.2) is 38.5 Å². The fourth-order valence-corrected chi connectivity index (χ4v) is 3.60. The van der Waals surface area contributed by atoms with E-state index in [-0.39, 0.29) is 11.8 Å². The first-order valence-corrected chi connectivity index (χ1v) is 9.67. The SMILES string of the molecule is O=C(Nc1cccc(Cl)c1Cl)C1CCN(c2cc(-n3ccnc3)ncn2)CC1. The summed E-state index contributed by atoms with van der Waals surface area (Å²) >= 11 is 12.2. The Morgan fingerprint density at radius 1 is 1.14 bits per heavy atom. The molecule has 0 radical (unpaired) electrons. The lowest BCUT2D eigenvalue weighted by molar-refractivity contribution is -0.120. The van der Waals surface area contributed by atoms with Crippen LogP contribution in [0, 0.1) is 5.92 Å². The standard InChI is InChI=1S/C19H18Cl2N6O/c20-14-2-1-3-15(18(14)21)25-19(28)13-4-7-26(8-5-13)16-10-17(24-11-23-16)27-9-6-22-12-27/h1-3,6,9-13H,4-5,7-8H2,(H,25,28). The van der Waals surface area contributed by atoms with Crippen molar-refractivity contribution < 1.29 is 4.79 Å². The van der Waals surface area contributed by atoms with Gasteiger partial charge in [0.25, 0.3) is 0 Å². The van der Waals surface area contributed by atoms with Gasteiger partial charge in [-0.15, -0.1) is 0 Å². The van der Waals surface area contributed by atoms with Gasteiger partial charge in [-0.1, -0.05) is 29.3 Å². The number of anilines is 2. The van der Waals surface area contributed by atoms with E-state index in [2.05, 4.69) is 25.2 Å². The molecule has 3 heterocycles. The van der Waals surface area contributed by atoms with Crippen molar-refractivity contribution in [1.82, 2.24) is 19.5 Å². The minimum atomic E-state index is -0.0822. The minimum Gasteiger partial charge on any atom is -0.356 e. The predicted molar refractivity (Wildman–Crippen MR) is 109 cm³/mol. The van der Waals surface area contributed by atoms with Crippen LogP contribution in [0.5, 0.6) is 0 Å². The van der Waals surface area contributed by atoms with Crippen LogP contribution >= 0.6 is 23.2 Å². The molecule has 9 heteroatoms. The third-order valence-electron chi connectivity index (χ3n) is 4.81. The molecule has 1 aliphatic heterocycles. The summed E-state index contributed by atoms with van der Waals surface area (Å²) in [5.74, 6) is 1.49. The van der Waals surface area contributed by atoms with Crippen LogP contribution < -0.4 is 10.2 Å². The Kier molecular flexibility index (Phi) is 5.45. The maximum Gasteiger partial charge on any atom is 0.227 e. The van der Waals surface area contributed by atoms with Crippen LogP contribution in [0.1, 0.15) is 12.8 Å². The summed E-state index contributed by atoms with van der Waals surface area (Å²) in [6.07, 6.45) is 8.25. The molecule has 7 nitrogen and oxygen atoms in total. The zero-order valence-corrected chi connectivity index (χ0v) is 16.4. The molecule has 28 heavy (non-hydrogen) atoms. The van der Waals surface area contributed by atoms with Gasteiger partial charge in [0.2, 0.25) is 5.91 Å². The summed E-state index contributed by atoms with van der Waals surface area (Å²) in [4.78, 5) is 27.5. The van der Waals surface area contributed by atoms with Crippen LogP contribution in [0.15, 0.2) is 49.3 Å². The second kappa shape index (κ2) is 8.16. The fraction of sp³-hybridized carbons (Fsp3) is 0.263. The molecule has 0 spiro atoms. The summed E-state index contributed by atoms with van der Waals surface area (Å²) in [7, 11) is 0. The lowest BCUT2D eigenvalue weighted by atomic mass is 9.96. The molecule has 144 valence electrons. The largest absolute Gasteiger partial charge is 0.356 e. The van der Waals surface area contributed by atoms with Crippen molar-refractivity contribution in [2.24, 2.45) is 5.92 Å². The first-order chi connectivity index (χ1) is 13.6. The van der Waals surface area contributed by atoms with Gasteiger partial charge in [0.15, 0.2) is 0 Å². The first kappa shape index (κ1) is 18.7. The molecule has 2 aromatic heterocycles. The van der Waals surface area contributed by atoms with Gasteiger partial charge < -0.3 is 10.2 Å². The smallest absolute Gasteiger partial charge is 0.227 e. The maximum atomic E-state index is 12.6. The molecule has 0 unspecified atom stereocenters. The highest BCUT2D eigenvalue weighted by atomic mass is 35.5. The average Bonchev–Trinajstić information content (AvgIpc) is 3.27. The van der Waals surface area contributed by atoms with Crippen molar-refractivity contribution in [2.45, 2.75) is 12.8 Å². The Hall–Kier alpha value is -2.64. The third kappa shape index (κ3) is 3.95. The zero-order chi connectivity index (χ0) is 19.5. The van der Waals surface area contributed by atoms with E-state index < -0.39 is 0 Å².